The molecule has 0 radical (unpaired) electrons. The SMILES string of the molecule is CCOc1ccccc1CCNC(=NC)NCCCOCC1CCOC1.I. The number of nitrogens with zero attached hydrogens (tertiary/aromatic N) is 1. The number of guanidine groups is 1. The summed E-state index contributed by atoms with van der Waals surface area (Å²) in [7, 11) is 1.79. The van der Waals surface area contributed by atoms with Crippen molar-refractivity contribution in [3.63, 3.8) is 0 Å². The number of rotatable bonds is 11. The van der Waals surface area contributed by atoms with Crippen LogP contribution in [0, 0.1) is 5.92 Å². The molecule has 1 unspecified atom stereocenters. The Morgan fingerprint density at radius 2 is 2.07 bits per heavy atom. The summed E-state index contributed by atoms with van der Waals surface area (Å²) in [6, 6.07) is 8.17. The maximum absolute atomic E-state index is 5.71. The number of aliphatic imine (C=N–C) groups is 1. The van der Waals surface area contributed by atoms with E-state index in [-0.39, 0.29) is 24.0 Å². The van der Waals surface area contributed by atoms with Crippen LogP contribution in [0.25, 0.3) is 0 Å². The second kappa shape index (κ2) is 14.9. The summed E-state index contributed by atoms with van der Waals surface area (Å²) in [5.41, 5.74) is 1.21. The Morgan fingerprint density at radius 3 is 2.81 bits per heavy atom. The maximum atomic E-state index is 5.71. The molecule has 1 atom stereocenters. The van der Waals surface area contributed by atoms with Crippen LogP contribution in [-0.4, -0.2) is 59.1 Å². The van der Waals surface area contributed by atoms with Gasteiger partial charge in [-0.1, -0.05) is 18.2 Å². The zero-order valence-corrected chi connectivity index (χ0v) is 18.9. The highest BCUT2D eigenvalue weighted by atomic mass is 127. The van der Waals surface area contributed by atoms with Crippen LogP contribution in [-0.2, 0) is 15.9 Å². The van der Waals surface area contributed by atoms with Gasteiger partial charge in [0.05, 0.1) is 19.8 Å². The Kier molecular flexibility index (Phi) is 13.3. The number of benzene rings is 1. The minimum Gasteiger partial charge on any atom is -0.494 e. The van der Waals surface area contributed by atoms with Crippen LogP contribution in [0.15, 0.2) is 29.3 Å². The Balaban J connectivity index is 0.00000364. The van der Waals surface area contributed by atoms with Gasteiger partial charge in [0.25, 0.3) is 0 Å². The monoisotopic (exact) mass is 491 g/mol. The summed E-state index contributed by atoms with van der Waals surface area (Å²) in [5, 5.41) is 6.68. The quantitative estimate of drug-likeness (QED) is 0.216. The summed E-state index contributed by atoms with van der Waals surface area (Å²) >= 11 is 0. The van der Waals surface area contributed by atoms with E-state index in [0.29, 0.717) is 12.5 Å². The van der Waals surface area contributed by atoms with E-state index in [1.165, 1.54) is 5.56 Å². The van der Waals surface area contributed by atoms with E-state index in [0.717, 1.165) is 70.5 Å². The fourth-order valence-electron chi connectivity index (χ4n) is 2.89. The van der Waals surface area contributed by atoms with Gasteiger partial charge in [0.15, 0.2) is 5.96 Å². The highest BCUT2D eigenvalue weighted by Gasteiger charge is 2.15. The van der Waals surface area contributed by atoms with Crippen molar-refractivity contribution >= 4 is 29.9 Å². The van der Waals surface area contributed by atoms with Crippen LogP contribution in [0.2, 0.25) is 0 Å². The van der Waals surface area contributed by atoms with Gasteiger partial charge in [-0.05, 0) is 37.8 Å². The van der Waals surface area contributed by atoms with Crippen molar-refractivity contribution in [3.05, 3.63) is 29.8 Å². The molecule has 2 N–H and O–H groups in total. The molecule has 1 aliphatic heterocycles. The van der Waals surface area contributed by atoms with E-state index in [1.807, 2.05) is 25.1 Å². The van der Waals surface area contributed by atoms with Gasteiger partial charge in [0, 0.05) is 39.3 Å². The predicted octanol–water partition coefficient (Wildman–Crippen LogP) is 2.85. The smallest absolute Gasteiger partial charge is 0.190 e. The molecule has 7 heteroatoms. The largest absolute Gasteiger partial charge is 0.494 e. The molecule has 1 saturated heterocycles. The van der Waals surface area contributed by atoms with Gasteiger partial charge < -0.3 is 24.8 Å². The van der Waals surface area contributed by atoms with Crippen LogP contribution in [0.4, 0.5) is 0 Å². The fraction of sp³-hybridized carbons (Fsp3) is 0.650. The van der Waals surface area contributed by atoms with E-state index in [1.54, 1.807) is 7.05 Å². The average molecular weight is 491 g/mol. The van der Waals surface area contributed by atoms with Gasteiger partial charge in [-0.25, -0.2) is 0 Å². The van der Waals surface area contributed by atoms with Crippen LogP contribution in [0.3, 0.4) is 0 Å². The minimum absolute atomic E-state index is 0. The molecule has 27 heavy (non-hydrogen) atoms. The van der Waals surface area contributed by atoms with Gasteiger partial charge in [-0.3, -0.25) is 4.99 Å². The number of para-hydroxylation sites is 1. The standard InChI is InChI=1S/C20H33N3O3.HI/c1-3-26-19-8-5-4-7-18(19)9-12-23-20(21-2)22-11-6-13-24-15-17-10-14-25-16-17;/h4-5,7-8,17H,3,6,9-16H2,1-2H3,(H2,21,22,23);1H. The first-order chi connectivity index (χ1) is 12.8. The number of hydrogen-bond acceptors (Lipinski definition) is 4. The molecule has 1 aromatic rings. The zero-order chi connectivity index (χ0) is 18.5. The van der Waals surface area contributed by atoms with Gasteiger partial charge in [0.2, 0.25) is 0 Å². The average Bonchev–Trinajstić information content (AvgIpc) is 3.18. The van der Waals surface area contributed by atoms with E-state index in [2.05, 4.69) is 21.7 Å². The number of ether oxygens (including phenoxy) is 3. The number of halogens is 1. The van der Waals surface area contributed by atoms with Gasteiger partial charge >= 0.3 is 0 Å². The molecular weight excluding hydrogens is 457 g/mol. The lowest BCUT2D eigenvalue weighted by Gasteiger charge is -2.14. The summed E-state index contributed by atoms with van der Waals surface area (Å²) in [6.07, 6.45) is 2.98. The molecule has 1 aliphatic rings. The fourth-order valence-corrected chi connectivity index (χ4v) is 2.89. The molecule has 6 nitrogen and oxygen atoms in total. The third kappa shape index (κ3) is 9.62. The lowest BCUT2D eigenvalue weighted by Crippen LogP contribution is -2.39. The summed E-state index contributed by atoms with van der Waals surface area (Å²) in [5.74, 6) is 2.37. The molecule has 154 valence electrons. The van der Waals surface area contributed by atoms with Crippen molar-refractivity contribution in [1.29, 1.82) is 0 Å². The van der Waals surface area contributed by atoms with Gasteiger partial charge in [-0.15, -0.1) is 24.0 Å². The Morgan fingerprint density at radius 1 is 1.26 bits per heavy atom. The summed E-state index contributed by atoms with van der Waals surface area (Å²) in [4.78, 5) is 4.26. The second-order valence-corrected chi connectivity index (χ2v) is 6.37. The minimum atomic E-state index is 0. The first-order valence-corrected chi connectivity index (χ1v) is 9.64. The van der Waals surface area contributed by atoms with Crippen LogP contribution in [0.1, 0.15) is 25.3 Å². The maximum Gasteiger partial charge on any atom is 0.190 e. The van der Waals surface area contributed by atoms with Crippen LogP contribution >= 0.6 is 24.0 Å². The zero-order valence-electron chi connectivity index (χ0n) is 16.5. The van der Waals surface area contributed by atoms with Crippen LogP contribution in [0.5, 0.6) is 5.75 Å². The highest BCUT2D eigenvalue weighted by molar-refractivity contribution is 14.0. The Labute approximate surface area is 180 Å². The molecule has 2 rings (SSSR count). The van der Waals surface area contributed by atoms with Gasteiger partial charge in [-0.2, -0.15) is 0 Å². The molecule has 0 aliphatic carbocycles. The third-order valence-corrected chi connectivity index (χ3v) is 4.32. The van der Waals surface area contributed by atoms with Crippen molar-refractivity contribution in [2.75, 3.05) is 53.2 Å². The molecule has 1 aromatic carbocycles. The molecule has 1 heterocycles. The second-order valence-electron chi connectivity index (χ2n) is 6.37. The van der Waals surface area contributed by atoms with Crippen LogP contribution < -0.4 is 15.4 Å². The molecule has 1 fully saturated rings. The first-order valence-electron chi connectivity index (χ1n) is 9.64. The molecule has 0 amide bonds. The Bertz CT molecular complexity index is 537. The summed E-state index contributed by atoms with van der Waals surface area (Å²) in [6.45, 7) is 7.65. The molecule has 0 saturated carbocycles. The van der Waals surface area contributed by atoms with Crippen molar-refractivity contribution < 1.29 is 14.2 Å². The highest BCUT2D eigenvalue weighted by Crippen LogP contribution is 2.18. The van der Waals surface area contributed by atoms with Crippen molar-refractivity contribution in [3.8, 4) is 5.75 Å². The summed E-state index contributed by atoms with van der Waals surface area (Å²) < 4.78 is 16.7. The van der Waals surface area contributed by atoms with E-state index >= 15 is 0 Å². The van der Waals surface area contributed by atoms with E-state index in [9.17, 15) is 0 Å². The molecule has 0 aromatic heterocycles. The normalized spacial score (nSPS) is 16.7. The van der Waals surface area contributed by atoms with E-state index in [4.69, 9.17) is 14.2 Å². The molecule has 0 bridgehead atoms. The van der Waals surface area contributed by atoms with Crippen molar-refractivity contribution in [1.82, 2.24) is 10.6 Å². The third-order valence-electron chi connectivity index (χ3n) is 4.32. The topological polar surface area (TPSA) is 64.1 Å². The van der Waals surface area contributed by atoms with Gasteiger partial charge in [0.1, 0.15) is 5.75 Å². The number of nitrogens with one attached hydrogen (secondary N) is 2. The first kappa shape index (κ1) is 24.0. The lowest BCUT2D eigenvalue weighted by molar-refractivity contribution is 0.0888. The van der Waals surface area contributed by atoms with Crippen molar-refractivity contribution in [2.24, 2.45) is 10.9 Å². The number of hydrogen-bond donors (Lipinski definition) is 2. The van der Waals surface area contributed by atoms with E-state index < -0.39 is 0 Å². The molecule has 0 spiro atoms. The molecular formula is C20H34IN3O3. The predicted molar refractivity (Wildman–Crippen MR) is 120 cm³/mol. The lowest BCUT2D eigenvalue weighted by atomic mass is 10.1. The van der Waals surface area contributed by atoms with Crippen molar-refractivity contribution in [2.45, 2.75) is 26.2 Å². The Hall–Kier alpha value is -1.06.